The summed E-state index contributed by atoms with van der Waals surface area (Å²) in [4.78, 5) is 20.9. The molecule has 0 unspecified atom stereocenters. The van der Waals surface area contributed by atoms with Crippen molar-refractivity contribution in [2.24, 2.45) is 0 Å². The van der Waals surface area contributed by atoms with E-state index in [0.29, 0.717) is 30.5 Å². The topological polar surface area (TPSA) is 39.3 Å². The number of benzene rings is 1. The number of nitrogens with one attached hydrogen (secondary N) is 1. The van der Waals surface area contributed by atoms with Gasteiger partial charge in [0.1, 0.15) is 0 Å². The Morgan fingerprint density at radius 3 is 2.84 bits per heavy atom. The number of amides is 1. The first-order valence-electron chi connectivity index (χ1n) is 9.73. The molecule has 2 fully saturated rings. The van der Waals surface area contributed by atoms with Gasteiger partial charge < -0.3 is 9.88 Å². The third-order valence-corrected chi connectivity index (χ3v) is 6.07. The van der Waals surface area contributed by atoms with Gasteiger partial charge in [0.05, 0.1) is 0 Å². The van der Waals surface area contributed by atoms with E-state index in [-0.39, 0.29) is 0 Å². The number of aryl methyl sites for hydroxylation is 1. The van der Waals surface area contributed by atoms with Crippen molar-refractivity contribution in [2.45, 2.75) is 64.1 Å². The average Bonchev–Trinajstić information content (AvgIpc) is 3.13. The number of carbonyl (C=O) groups is 1. The van der Waals surface area contributed by atoms with Crippen LogP contribution in [-0.2, 0) is 11.2 Å². The lowest BCUT2D eigenvalue weighted by Crippen LogP contribution is -2.44. The molecular formula is C21H29N3O. The van der Waals surface area contributed by atoms with E-state index in [2.05, 4.69) is 53.0 Å². The van der Waals surface area contributed by atoms with Crippen molar-refractivity contribution < 1.29 is 4.79 Å². The average molecular weight is 339 g/mol. The predicted molar refractivity (Wildman–Crippen MR) is 102 cm³/mol. The molecule has 0 radical (unpaired) electrons. The van der Waals surface area contributed by atoms with Gasteiger partial charge in [-0.2, -0.15) is 0 Å². The second-order valence-corrected chi connectivity index (χ2v) is 7.91. The molecule has 1 amide bonds. The fourth-order valence-corrected chi connectivity index (χ4v) is 4.92. The Kier molecular flexibility index (Phi) is 4.55. The van der Waals surface area contributed by atoms with Crippen molar-refractivity contribution in [1.82, 2.24) is 14.8 Å². The summed E-state index contributed by atoms with van der Waals surface area (Å²) in [6, 6.07) is 10.2. The van der Waals surface area contributed by atoms with Gasteiger partial charge in [0.15, 0.2) is 0 Å². The van der Waals surface area contributed by atoms with Gasteiger partial charge in [0, 0.05) is 54.7 Å². The second-order valence-electron chi connectivity index (χ2n) is 7.91. The molecule has 0 spiro atoms. The highest BCUT2D eigenvalue weighted by atomic mass is 16.2. The SMILES string of the molecule is CC(C)N1[C@H]2CC[C@H]1CN(C(=O)CCc1c[nH]c3ccccc13)CC2. The zero-order valence-electron chi connectivity index (χ0n) is 15.4. The standard InChI is InChI=1S/C21H29N3O/c1-15(2)24-17-8-9-18(24)14-23(12-11-17)21(25)10-7-16-13-22-20-6-4-3-5-19(16)20/h3-6,13,15,17-18,22H,7-12,14H2,1-2H3/t17-,18-/m0/s1. The molecule has 1 aromatic heterocycles. The van der Waals surface area contributed by atoms with Gasteiger partial charge in [-0.1, -0.05) is 18.2 Å². The predicted octanol–water partition coefficient (Wildman–Crippen LogP) is 3.57. The number of hydrogen-bond donors (Lipinski definition) is 1. The van der Waals surface area contributed by atoms with Crippen LogP contribution in [0.1, 0.15) is 45.1 Å². The van der Waals surface area contributed by atoms with Gasteiger partial charge in [-0.3, -0.25) is 9.69 Å². The van der Waals surface area contributed by atoms with Crippen LogP contribution in [0.25, 0.3) is 10.9 Å². The third kappa shape index (κ3) is 3.20. The molecular weight excluding hydrogens is 310 g/mol. The molecule has 1 aromatic carbocycles. The summed E-state index contributed by atoms with van der Waals surface area (Å²) in [5, 5.41) is 1.25. The molecule has 2 saturated heterocycles. The summed E-state index contributed by atoms with van der Waals surface area (Å²) in [6.07, 6.45) is 7.17. The number of H-pyrrole nitrogens is 1. The van der Waals surface area contributed by atoms with Gasteiger partial charge in [0.25, 0.3) is 0 Å². The van der Waals surface area contributed by atoms with E-state index in [4.69, 9.17) is 0 Å². The van der Waals surface area contributed by atoms with Crippen molar-refractivity contribution in [3.05, 3.63) is 36.0 Å². The van der Waals surface area contributed by atoms with E-state index < -0.39 is 0 Å². The lowest BCUT2D eigenvalue weighted by atomic mass is 10.1. The quantitative estimate of drug-likeness (QED) is 0.925. The number of fused-ring (bicyclic) bond motifs is 3. The van der Waals surface area contributed by atoms with Crippen LogP contribution in [0.2, 0.25) is 0 Å². The monoisotopic (exact) mass is 339 g/mol. The minimum Gasteiger partial charge on any atom is -0.361 e. The van der Waals surface area contributed by atoms with E-state index in [1.54, 1.807) is 0 Å². The highest BCUT2D eigenvalue weighted by molar-refractivity contribution is 5.84. The fraction of sp³-hybridized carbons (Fsp3) is 0.571. The number of aromatic amines is 1. The van der Waals surface area contributed by atoms with Crippen molar-refractivity contribution in [2.75, 3.05) is 13.1 Å². The van der Waals surface area contributed by atoms with Crippen molar-refractivity contribution >= 4 is 16.8 Å². The Labute approximate surface area is 150 Å². The molecule has 1 N–H and O–H groups in total. The van der Waals surface area contributed by atoms with Crippen molar-refractivity contribution in [3.63, 3.8) is 0 Å². The Bertz CT molecular complexity index is 750. The lowest BCUT2D eigenvalue weighted by Gasteiger charge is -2.32. The van der Waals surface area contributed by atoms with E-state index in [1.165, 1.54) is 23.8 Å². The maximum Gasteiger partial charge on any atom is 0.222 e. The highest BCUT2D eigenvalue weighted by Gasteiger charge is 2.39. The minimum absolute atomic E-state index is 0.321. The van der Waals surface area contributed by atoms with Gasteiger partial charge in [-0.05, 0) is 51.2 Å². The first-order chi connectivity index (χ1) is 12.1. The van der Waals surface area contributed by atoms with E-state index in [1.807, 2.05) is 6.07 Å². The number of aromatic nitrogens is 1. The van der Waals surface area contributed by atoms with E-state index >= 15 is 0 Å². The molecule has 134 valence electrons. The Balaban J connectivity index is 1.40. The lowest BCUT2D eigenvalue weighted by molar-refractivity contribution is -0.131. The summed E-state index contributed by atoms with van der Waals surface area (Å²) in [7, 11) is 0. The maximum absolute atomic E-state index is 12.8. The number of nitrogens with zero attached hydrogens (tertiary/aromatic N) is 2. The number of rotatable bonds is 4. The molecule has 4 rings (SSSR count). The summed E-state index contributed by atoms with van der Waals surface area (Å²) < 4.78 is 0. The fourth-order valence-electron chi connectivity index (χ4n) is 4.92. The van der Waals surface area contributed by atoms with Crippen LogP contribution in [0.5, 0.6) is 0 Å². The molecule has 2 aromatic rings. The maximum atomic E-state index is 12.8. The van der Waals surface area contributed by atoms with Crippen molar-refractivity contribution in [1.29, 1.82) is 0 Å². The zero-order chi connectivity index (χ0) is 17.4. The molecule has 0 saturated carbocycles. The molecule has 2 bridgehead atoms. The van der Waals surface area contributed by atoms with Crippen molar-refractivity contribution in [3.8, 4) is 0 Å². The summed E-state index contributed by atoms with van der Waals surface area (Å²) >= 11 is 0. The molecule has 4 heteroatoms. The third-order valence-electron chi connectivity index (χ3n) is 6.07. The molecule has 25 heavy (non-hydrogen) atoms. The van der Waals surface area contributed by atoms with Crippen LogP contribution in [0.15, 0.2) is 30.5 Å². The van der Waals surface area contributed by atoms with Crippen LogP contribution >= 0.6 is 0 Å². The molecule has 0 aliphatic carbocycles. The molecule has 2 aliphatic rings. The number of likely N-dealkylation sites (tertiary alicyclic amines) is 1. The number of hydrogen-bond acceptors (Lipinski definition) is 2. The highest BCUT2D eigenvalue weighted by Crippen LogP contribution is 2.32. The van der Waals surface area contributed by atoms with Gasteiger partial charge >= 0.3 is 0 Å². The first kappa shape index (κ1) is 16.6. The first-order valence-corrected chi connectivity index (χ1v) is 9.73. The van der Waals surface area contributed by atoms with Crippen LogP contribution < -0.4 is 0 Å². The number of carbonyl (C=O) groups excluding carboxylic acids is 1. The molecule has 4 nitrogen and oxygen atoms in total. The summed E-state index contributed by atoms with van der Waals surface area (Å²) in [6.45, 7) is 6.43. The van der Waals surface area contributed by atoms with E-state index in [0.717, 1.165) is 31.4 Å². The second kappa shape index (κ2) is 6.83. The van der Waals surface area contributed by atoms with Crippen LogP contribution in [0.4, 0.5) is 0 Å². The summed E-state index contributed by atoms with van der Waals surface area (Å²) in [5.41, 5.74) is 2.41. The Morgan fingerprint density at radius 2 is 2.00 bits per heavy atom. The zero-order valence-corrected chi connectivity index (χ0v) is 15.4. The van der Waals surface area contributed by atoms with Crippen LogP contribution in [0.3, 0.4) is 0 Å². The largest absolute Gasteiger partial charge is 0.361 e. The minimum atomic E-state index is 0.321. The molecule has 3 heterocycles. The van der Waals surface area contributed by atoms with Crippen LogP contribution in [0, 0.1) is 0 Å². The van der Waals surface area contributed by atoms with Gasteiger partial charge in [-0.25, -0.2) is 0 Å². The Morgan fingerprint density at radius 1 is 1.20 bits per heavy atom. The smallest absolute Gasteiger partial charge is 0.222 e. The molecule has 2 atom stereocenters. The Hall–Kier alpha value is -1.81. The van der Waals surface area contributed by atoms with Gasteiger partial charge in [0.2, 0.25) is 5.91 Å². The van der Waals surface area contributed by atoms with E-state index in [9.17, 15) is 4.79 Å². The molecule has 2 aliphatic heterocycles. The number of para-hydroxylation sites is 1. The van der Waals surface area contributed by atoms with Gasteiger partial charge in [-0.15, -0.1) is 0 Å². The summed E-state index contributed by atoms with van der Waals surface area (Å²) in [5.74, 6) is 0.321. The normalized spacial score (nSPS) is 24.2. The van der Waals surface area contributed by atoms with Crippen LogP contribution in [-0.4, -0.2) is 51.9 Å².